The average molecular weight is 509 g/mol. The molecule has 1 amide bonds. The maximum atomic E-state index is 12.8. The normalized spacial score (nSPS) is 15.8. The van der Waals surface area contributed by atoms with Crippen LogP contribution in [0.1, 0.15) is 25.3 Å². The minimum atomic E-state index is -3.55. The standard InChI is InChI=1S/C23H32N4O5S2/c1-3-14-24-33(29,30)21-9-4-19(5-10-21)6-13-23(28)25-20-7-11-22(12-8-20)34(31,32)27-17-15-26(2)16-18-27/h4-5,7-12,24H,3,6,13-18H2,1-2H3,(H,25,28). The SMILES string of the molecule is CCCNS(=O)(=O)c1ccc(CCC(=O)Nc2ccc(S(=O)(=O)N3CCN(C)CC3)cc2)cc1. The minimum Gasteiger partial charge on any atom is -0.326 e. The van der Waals surface area contributed by atoms with Gasteiger partial charge in [-0.3, -0.25) is 4.79 Å². The number of benzene rings is 2. The van der Waals surface area contributed by atoms with Crippen molar-refractivity contribution in [1.29, 1.82) is 0 Å². The number of hydrogen-bond donors (Lipinski definition) is 2. The number of carbonyl (C=O) groups is 1. The molecule has 1 aliphatic heterocycles. The molecule has 1 heterocycles. The minimum absolute atomic E-state index is 0.195. The Labute approximate surface area is 202 Å². The van der Waals surface area contributed by atoms with Crippen molar-refractivity contribution in [2.45, 2.75) is 36.0 Å². The fraction of sp³-hybridized carbons (Fsp3) is 0.435. The molecule has 0 aromatic heterocycles. The van der Waals surface area contributed by atoms with Crippen molar-refractivity contribution in [3.63, 3.8) is 0 Å². The molecular formula is C23H32N4O5S2. The summed E-state index contributed by atoms with van der Waals surface area (Å²) >= 11 is 0. The summed E-state index contributed by atoms with van der Waals surface area (Å²) in [5, 5.41) is 2.78. The molecule has 0 unspecified atom stereocenters. The van der Waals surface area contributed by atoms with Crippen molar-refractivity contribution in [2.75, 3.05) is 45.1 Å². The van der Waals surface area contributed by atoms with Crippen molar-refractivity contribution < 1.29 is 21.6 Å². The zero-order valence-corrected chi connectivity index (χ0v) is 21.2. The molecule has 1 aliphatic rings. The summed E-state index contributed by atoms with van der Waals surface area (Å²) in [5.41, 5.74) is 1.36. The lowest BCUT2D eigenvalue weighted by Gasteiger charge is -2.31. The molecule has 0 spiro atoms. The second kappa shape index (κ2) is 11.4. The van der Waals surface area contributed by atoms with Crippen LogP contribution in [0.25, 0.3) is 0 Å². The fourth-order valence-electron chi connectivity index (χ4n) is 3.52. The molecule has 0 radical (unpaired) electrons. The Morgan fingerprint density at radius 2 is 1.47 bits per heavy atom. The van der Waals surface area contributed by atoms with E-state index >= 15 is 0 Å². The number of nitrogens with one attached hydrogen (secondary N) is 2. The van der Waals surface area contributed by atoms with E-state index < -0.39 is 20.0 Å². The first-order chi connectivity index (χ1) is 16.1. The highest BCUT2D eigenvalue weighted by atomic mass is 32.2. The number of hydrogen-bond acceptors (Lipinski definition) is 6. The number of sulfonamides is 2. The second-order valence-electron chi connectivity index (χ2n) is 8.32. The Morgan fingerprint density at radius 1 is 0.882 bits per heavy atom. The second-order valence-corrected chi connectivity index (χ2v) is 12.0. The van der Waals surface area contributed by atoms with E-state index in [1.807, 2.05) is 14.0 Å². The smallest absolute Gasteiger partial charge is 0.243 e. The maximum Gasteiger partial charge on any atom is 0.243 e. The number of likely N-dealkylation sites (N-methyl/N-ethyl adjacent to an activating group) is 1. The number of anilines is 1. The van der Waals surface area contributed by atoms with Crippen molar-refractivity contribution in [3.8, 4) is 0 Å². The van der Waals surface area contributed by atoms with E-state index in [9.17, 15) is 21.6 Å². The van der Waals surface area contributed by atoms with Crippen LogP contribution in [-0.2, 0) is 31.3 Å². The fourth-order valence-corrected chi connectivity index (χ4v) is 6.08. The van der Waals surface area contributed by atoms with Gasteiger partial charge in [-0.25, -0.2) is 21.6 Å². The summed E-state index contributed by atoms with van der Waals surface area (Å²) in [7, 11) is -5.10. The average Bonchev–Trinajstić information content (AvgIpc) is 2.82. The maximum absolute atomic E-state index is 12.8. The Bertz CT molecular complexity index is 1170. The number of aryl methyl sites for hydroxylation is 1. The molecule has 186 valence electrons. The molecular weight excluding hydrogens is 476 g/mol. The molecule has 0 atom stereocenters. The molecule has 11 heteroatoms. The topological polar surface area (TPSA) is 116 Å². The van der Waals surface area contributed by atoms with Crippen LogP contribution in [0.3, 0.4) is 0 Å². The zero-order chi connectivity index (χ0) is 24.8. The van der Waals surface area contributed by atoms with Gasteiger partial charge in [0.2, 0.25) is 26.0 Å². The lowest BCUT2D eigenvalue weighted by Crippen LogP contribution is -2.46. The molecule has 0 aliphatic carbocycles. The van der Waals surface area contributed by atoms with Crippen LogP contribution in [0.2, 0.25) is 0 Å². The molecule has 2 N–H and O–H groups in total. The van der Waals surface area contributed by atoms with Crippen LogP contribution in [0.5, 0.6) is 0 Å². The summed E-state index contributed by atoms with van der Waals surface area (Å²) in [6, 6.07) is 12.7. The predicted molar refractivity (Wildman–Crippen MR) is 132 cm³/mol. The first kappa shape index (κ1) is 26.3. The van der Waals surface area contributed by atoms with E-state index in [1.165, 1.54) is 28.6 Å². The van der Waals surface area contributed by atoms with Gasteiger partial charge in [0.05, 0.1) is 9.79 Å². The van der Waals surface area contributed by atoms with Gasteiger partial charge in [0, 0.05) is 44.8 Å². The van der Waals surface area contributed by atoms with Gasteiger partial charge in [0.25, 0.3) is 0 Å². The highest BCUT2D eigenvalue weighted by Crippen LogP contribution is 2.20. The lowest BCUT2D eigenvalue weighted by atomic mass is 10.1. The molecule has 1 saturated heterocycles. The number of carbonyl (C=O) groups excluding carboxylic acids is 1. The van der Waals surface area contributed by atoms with Crippen molar-refractivity contribution in [1.82, 2.24) is 13.9 Å². The Kier molecular flexibility index (Phi) is 8.83. The molecule has 3 rings (SSSR count). The van der Waals surface area contributed by atoms with Gasteiger partial charge in [-0.2, -0.15) is 4.31 Å². The van der Waals surface area contributed by atoms with Gasteiger partial charge >= 0.3 is 0 Å². The van der Waals surface area contributed by atoms with Crippen molar-refractivity contribution >= 4 is 31.6 Å². The van der Waals surface area contributed by atoms with E-state index in [2.05, 4.69) is 14.9 Å². The zero-order valence-electron chi connectivity index (χ0n) is 19.5. The van der Waals surface area contributed by atoms with Gasteiger partial charge in [-0.15, -0.1) is 0 Å². The number of rotatable bonds is 10. The Morgan fingerprint density at radius 3 is 2.06 bits per heavy atom. The summed E-state index contributed by atoms with van der Waals surface area (Å²) < 4.78 is 53.9. The van der Waals surface area contributed by atoms with E-state index in [4.69, 9.17) is 0 Å². The van der Waals surface area contributed by atoms with Gasteiger partial charge < -0.3 is 10.2 Å². The van der Waals surface area contributed by atoms with Gasteiger partial charge in [0.15, 0.2) is 0 Å². The predicted octanol–water partition coefficient (Wildman–Crippen LogP) is 1.88. The summed E-state index contributed by atoms with van der Waals surface area (Å²) in [5.74, 6) is -0.212. The van der Waals surface area contributed by atoms with Crippen LogP contribution in [0, 0.1) is 0 Å². The van der Waals surface area contributed by atoms with Crippen LogP contribution < -0.4 is 10.0 Å². The summed E-state index contributed by atoms with van der Waals surface area (Å²) in [6.45, 7) is 4.58. The van der Waals surface area contributed by atoms with Gasteiger partial charge in [-0.05, 0) is 61.9 Å². The van der Waals surface area contributed by atoms with E-state index in [0.717, 1.165) is 5.56 Å². The number of nitrogens with zero attached hydrogens (tertiary/aromatic N) is 2. The first-order valence-electron chi connectivity index (χ1n) is 11.3. The Hall–Kier alpha value is -2.31. The molecule has 2 aromatic rings. The van der Waals surface area contributed by atoms with E-state index in [0.29, 0.717) is 51.3 Å². The Balaban J connectivity index is 1.52. The molecule has 2 aromatic carbocycles. The van der Waals surface area contributed by atoms with Crippen molar-refractivity contribution in [3.05, 3.63) is 54.1 Å². The van der Waals surface area contributed by atoms with Crippen LogP contribution >= 0.6 is 0 Å². The quantitative estimate of drug-likeness (QED) is 0.506. The monoisotopic (exact) mass is 508 g/mol. The van der Waals surface area contributed by atoms with Crippen molar-refractivity contribution in [2.24, 2.45) is 0 Å². The van der Waals surface area contributed by atoms with Crippen LogP contribution in [0.4, 0.5) is 5.69 Å². The summed E-state index contributed by atoms with van der Waals surface area (Å²) in [4.78, 5) is 14.8. The summed E-state index contributed by atoms with van der Waals surface area (Å²) in [6.07, 6.45) is 1.37. The molecule has 9 nitrogen and oxygen atoms in total. The first-order valence-corrected chi connectivity index (χ1v) is 14.2. The third-order valence-corrected chi connectivity index (χ3v) is 9.04. The number of amides is 1. The lowest BCUT2D eigenvalue weighted by molar-refractivity contribution is -0.116. The molecule has 0 saturated carbocycles. The number of piperazine rings is 1. The van der Waals surface area contributed by atoms with E-state index in [1.54, 1.807) is 24.3 Å². The molecule has 1 fully saturated rings. The highest BCUT2D eigenvalue weighted by Gasteiger charge is 2.27. The van der Waals surface area contributed by atoms with Gasteiger partial charge in [0.1, 0.15) is 0 Å². The van der Waals surface area contributed by atoms with Crippen LogP contribution in [0.15, 0.2) is 58.3 Å². The third-order valence-electron chi connectivity index (χ3n) is 5.65. The molecule has 34 heavy (non-hydrogen) atoms. The highest BCUT2D eigenvalue weighted by molar-refractivity contribution is 7.89. The van der Waals surface area contributed by atoms with Gasteiger partial charge in [-0.1, -0.05) is 19.1 Å². The largest absolute Gasteiger partial charge is 0.326 e. The molecule has 0 bridgehead atoms. The van der Waals surface area contributed by atoms with E-state index in [-0.39, 0.29) is 22.1 Å². The van der Waals surface area contributed by atoms with Crippen LogP contribution in [-0.4, -0.2) is 71.7 Å². The third kappa shape index (κ3) is 6.86.